The first-order chi connectivity index (χ1) is 9.58. The number of nitrogens with one attached hydrogen (secondary N) is 1. The second kappa shape index (κ2) is 6.66. The molecule has 0 aromatic carbocycles. The number of hydrogen-bond donors (Lipinski definition) is 2. The van der Waals surface area contributed by atoms with Crippen LogP contribution < -0.4 is 11.3 Å². The molecule has 3 atom stereocenters. The summed E-state index contributed by atoms with van der Waals surface area (Å²) >= 11 is 0. The second-order valence-electron chi connectivity index (χ2n) is 6.48. The largest absolute Gasteiger partial charge is 0.302 e. The van der Waals surface area contributed by atoms with Crippen LogP contribution in [-0.4, -0.2) is 35.6 Å². The lowest BCUT2D eigenvalue weighted by atomic mass is 9.70. The van der Waals surface area contributed by atoms with Crippen molar-refractivity contribution in [1.29, 1.82) is 0 Å². The Bertz CT molecular complexity index is 406. The lowest BCUT2D eigenvalue weighted by molar-refractivity contribution is 0.0373. The smallest absolute Gasteiger partial charge is 0.0434 e. The predicted molar refractivity (Wildman–Crippen MR) is 83.1 cm³/mol. The summed E-state index contributed by atoms with van der Waals surface area (Å²) in [6, 6.07) is 4.43. The summed E-state index contributed by atoms with van der Waals surface area (Å²) in [5.74, 6) is 6.69. The molecule has 0 bridgehead atoms. The van der Waals surface area contributed by atoms with Gasteiger partial charge in [-0.05, 0) is 57.0 Å². The molecule has 1 aromatic rings. The summed E-state index contributed by atoms with van der Waals surface area (Å²) in [4.78, 5) is 6.48. The van der Waals surface area contributed by atoms with Gasteiger partial charge in [-0.1, -0.05) is 19.8 Å². The van der Waals surface area contributed by atoms with Gasteiger partial charge in [-0.2, -0.15) is 0 Å². The highest BCUT2D eigenvalue weighted by atomic mass is 15.3. The van der Waals surface area contributed by atoms with E-state index >= 15 is 0 Å². The first-order valence-electron chi connectivity index (χ1n) is 7.61. The summed E-state index contributed by atoms with van der Waals surface area (Å²) in [5, 5.41) is 0. The van der Waals surface area contributed by atoms with Gasteiger partial charge >= 0.3 is 0 Å². The number of nitrogens with zero attached hydrogens (tertiary/aromatic N) is 2. The number of aromatic nitrogens is 1. The fourth-order valence-corrected chi connectivity index (χ4v) is 3.76. The average Bonchev–Trinajstić information content (AvgIpc) is 2.45. The van der Waals surface area contributed by atoms with Crippen LogP contribution in [0, 0.1) is 5.92 Å². The zero-order valence-electron chi connectivity index (χ0n) is 13.0. The number of rotatable bonds is 5. The molecule has 3 unspecified atom stereocenters. The first-order valence-corrected chi connectivity index (χ1v) is 7.61. The summed E-state index contributed by atoms with van der Waals surface area (Å²) in [6.45, 7) is 2.36. The molecule has 0 radical (unpaired) electrons. The lowest BCUT2D eigenvalue weighted by Gasteiger charge is -2.50. The van der Waals surface area contributed by atoms with Crippen LogP contribution in [0.15, 0.2) is 24.5 Å². The average molecular weight is 276 g/mol. The van der Waals surface area contributed by atoms with Crippen molar-refractivity contribution in [3.8, 4) is 0 Å². The minimum Gasteiger partial charge on any atom is -0.302 e. The number of likely N-dealkylation sites (N-methyl/N-ethyl adjacent to an activating group) is 1. The predicted octanol–water partition coefficient (Wildman–Crippen LogP) is 1.97. The van der Waals surface area contributed by atoms with E-state index in [9.17, 15) is 0 Å². The van der Waals surface area contributed by atoms with E-state index in [-0.39, 0.29) is 11.6 Å². The van der Waals surface area contributed by atoms with E-state index in [1.165, 1.54) is 31.2 Å². The van der Waals surface area contributed by atoms with Crippen molar-refractivity contribution >= 4 is 0 Å². The fraction of sp³-hybridized carbons (Fsp3) is 0.688. The molecule has 4 nitrogen and oxygen atoms in total. The molecule has 0 amide bonds. The minimum absolute atomic E-state index is 0.148. The molecule has 112 valence electrons. The summed E-state index contributed by atoms with van der Waals surface area (Å²) in [7, 11) is 4.38. The normalized spacial score (nSPS) is 28.6. The topological polar surface area (TPSA) is 54.2 Å². The van der Waals surface area contributed by atoms with Crippen LogP contribution in [0.5, 0.6) is 0 Å². The van der Waals surface area contributed by atoms with E-state index in [2.05, 4.69) is 48.5 Å². The highest BCUT2D eigenvalue weighted by Crippen LogP contribution is 2.38. The molecule has 3 N–H and O–H groups in total. The van der Waals surface area contributed by atoms with Crippen LogP contribution >= 0.6 is 0 Å². The molecule has 1 aromatic heterocycles. The third-order valence-electron chi connectivity index (χ3n) is 4.94. The van der Waals surface area contributed by atoms with Crippen molar-refractivity contribution in [2.75, 3.05) is 14.1 Å². The molecular formula is C16H28N4. The van der Waals surface area contributed by atoms with Crippen molar-refractivity contribution in [2.24, 2.45) is 11.8 Å². The zero-order chi connectivity index (χ0) is 14.6. The van der Waals surface area contributed by atoms with Gasteiger partial charge in [0.1, 0.15) is 0 Å². The quantitative estimate of drug-likeness (QED) is 0.638. The van der Waals surface area contributed by atoms with Gasteiger partial charge in [-0.15, -0.1) is 0 Å². The van der Waals surface area contributed by atoms with Crippen LogP contribution in [0.2, 0.25) is 0 Å². The Balaban J connectivity index is 2.21. The fourth-order valence-electron chi connectivity index (χ4n) is 3.76. The van der Waals surface area contributed by atoms with Crippen molar-refractivity contribution in [3.63, 3.8) is 0 Å². The highest BCUT2D eigenvalue weighted by Gasteiger charge is 2.43. The summed E-state index contributed by atoms with van der Waals surface area (Å²) < 4.78 is 0. The molecule has 1 aliphatic carbocycles. The molecule has 0 spiro atoms. The highest BCUT2D eigenvalue weighted by molar-refractivity contribution is 5.15. The summed E-state index contributed by atoms with van der Waals surface area (Å²) in [5.41, 5.74) is 4.54. The number of hydrogen-bond acceptors (Lipinski definition) is 4. The Morgan fingerprint density at radius 3 is 2.70 bits per heavy atom. The standard InChI is InChI=1S/C16H28N4/c1-13-5-4-8-16(12-13,20(2)3)15(19-17)11-14-6-9-18-10-7-14/h6-7,9-10,13,15,19H,4-5,8,11-12,17H2,1-3H3. The Kier molecular flexibility index (Phi) is 5.13. The van der Waals surface area contributed by atoms with Crippen molar-refractivity contribution in [3.05, 3.63) is 30.1 Å². The van der Waals surface area contributed by atoms with Crippen LogP contribution in [0.1, 0.15) is 38.2 Å². The van der Waals surface area contributed by atoms with Crippen LogP contribution in [0.25, 0.3) is 0 Å². The first kappa shape index (κ1) is 15.4. The molecule has 1 saturated carbocycles. The van der Waals surface area contributed by atoms with Crippen molar-refractivity contribution in [1.82, 2.24) is 15.3 Å². The molecule has 1 heterocycles. The lowest BCUT2D eigenvalue weighted by Crippen LogP contribution is -2.63. The van der Waals surface area contributed by atoms with E-state index in [0.717, 1.165) is 12.3 Å². The Morgan fingerprint density at radius 2 is 2.15 bits per heavy atom. The number of nitrogens with two attached hydrogens (primary N) is 1. The van der Waals surface area contributed by atoms with E-state index < -0.39 is 0 Å². The van der Waals surface area contributed by atoms with E-state index in [4.69, 9.17) is 5.84 Å². The van der Waals surface area contributed by atoms with Crippen LogP contribution in [0.4, 0.5) is 0 Å². The van der Waals surface area contributed by atoms with Gasteiger partial charge < -0.3 is 4.90 Å². The van der Waals surface area contributed by atoms with Crippen LogP contribution in [-0.2, 0) is 6.42 Å². The Labute approximate surface area is 122 Å². The molecule has 2 rings (SSSR count). The molecule has 20 heavy (non-hydrogen) atoms. The van der Waals surface area contributed by atoms with Gasteiger partial charge in [-0.25, -0.2) is 0 Å². The van der Waals surface area contributed by atoms with Gasteiger partial charge in [0.2, 0.25) is 0 Å². The van der Waals surface area contributed by atoms with Gasteiger partial charge in [0.05, 0.1) is 0 Å². The van der Waals surface area contributed by atoms with Crippen molar-refractivity contribution in [2.45, 2.75) is 50.6 Å². The second-order valence-corrected chi connectivity index (χ2v) is 6.48. The van der Waals surface area contributed by atoms with Gasteiger partial charge in [0.25, 0.3) is 0 Å². The Hall–Kier alpha value is -0.970. The van der Waals surface area contributed by atoms with Gasteiger partial charge in [0.15, 0.2) is 0 Å². The third kappa shape index (κ3) is 3.19. The van der Waals surface area contributed by atoms with Crippen LogP contribution in [0.3, 0.4) is 0 Å². The van der Waals surface area contributed by atoms with E-state index in [0.29, 0.717) is 0 Å². The molecule has 0 aliphatic heterocycles. The molecular weight excluding hydrogens is 248 g/mol. The van der Waals surface area contributed by atoms with Crippen molar-refractivity contribution < 1.29 is 0 Å². The molecule has 4 heteroatoms. The van der Waals surface area contributed by atoms with E-state index in [1.54, 1.807) is 0 Å². The van der Waals surface area contributed by atoms with Gasteiger partial charge in [-0.3, -0.25) is 16.3 Å². The summed E-state index contributed by atoms with van der Waals surface area (Å²) in [6.07, 6.45) is 9.70. The number of pyridine rings is 1. The van der Waals surface area contributed by atoms with E-state index in [1.807, 2.05) is 12.4 Å². The monoisotopic (exact) mass is 276 g/mol. The maximum absolute atomic E-state index is 5.93. The number of hydrazine groups is 1. The maximum atomic E-state index is 5.93. The third-order valence-corrected chi connectivity index (χ3v) is 4.94. The Morgan fingerprint density at radius 1 is 1.45 bits per heavy atom. The maximum Gasteiger partial charge on any atom is 0.0434 e. The molecule has 1 fully saturated rings. The molecule has 0 saturated heterocycles. The minimum atomic E-state index is 0.148. The molecule has 1 aliphatic rings. The van der Waals surface area contributed by atoms with Gasteiger partial charge in [0, 0.05) is 24.0 Å². The zero-order valence-corrected chi connectivity index (χ0v) is 13.0. The SMILES string of the molecule is CC1CCCC(C(Cc2ccncc2)NN)(N(C)C)C1.